The van der Waals surface area contributed by atoms with Crippen LogP contribution in [0.25, 0.3) is 11.0 Å². The molecule has 3 heterocycles. The van der Waals surface area contributed by atoms with Gasteiger partial charge >= 0.3 is 0 Å². The lowest BCUT2D eigenvalue weighted by Gasteiger charge is -2.25. The van der Waals surface area contributed by atoms with E-state index in [0.29, 0.717) is 22.8 Å². The topological polar surface area (TPSA) is 51.9 Å². The number of hydrogen-bond donors (Lipinski definition) is 0. The Labute approximate surface area is 116 Å². The zero-order valence-electron chi connectivity index (χ0n) is 11.1. The zero-order chi connectivity index (χ0) is 13.5. The molecule has 2 aliphatic rings. The fraction of sp³-hybridized carbons (Fsp3) is 0.400. The van der Waals surface area contributed by atoms with Crippen LogP contribution in [0, 0.1) is 0 Å². The third-order valence-corrected chi connectivity index (χ3v) is 3.89. The first-order chi connectivity index (χ1) is 9.83. The highest BCUT2D eigenvalue weighted by Gasteiger charge is 2.25. The number of amides is 1. The monoisotopic (exact) mass is 273 g/mol. The van der Waals surface area contributed by atoms with E-state index in [1.807, 2.05) is 17.0 Å². The summed E-state index contributed by atoms with van der Waals surface area (Å²) in [5.41, 5.74) is 0.662. The number of furan rings is 1. The standard InChI is InChI=1S/C15H15NO4/c17-15(16-6-2-1-3-7-16)13-8-10-11(20-13)4-5-12-14(10)19-9-18-12/h4-5,8H,1-3,6-7,9H2. The van der Waals surface area contributed by atoms with Gasteiger partial charge in [0.2, 0.25) is 6.79 Å². The largest absolute Gasteiger partial charge is 0.454 e. The van der Waals surface area contributed by atoms with E-state index in [2.05, 4.69) is 0 Å². The molecule has 1 saturated heterocycles. The smallest absolute Gasteiger partial charge is 0.289 e. The molecule has 0 radical (unpaired) electrons. The highest BCUT2D eigenvalue weighted by Crippen LogP contribution is 2.40. The van der Waals surface area contributed by atoms with Crippen LogP contribution in [-0.2, 0) is 0 Å². The maximum atomic E-state index is 12.4. The summed E-state index contributed by atoms with van der Waals surface area (Å²) >= 11 is 0. The van der Waals surface area contributed by atoms with Crippen LogP contribution in [-0.4, -0.2) is 30.7 Å². The number of carbonyl (C=O) groups is 1. The maximum Gasteiger partial charge on any atom is 0.289 e. The van der Waals surface area contributed by atoms with Gasteiger partial charge in [0.05, 0.1) is 5.39 Å². The van der Waals surface area contributed by atoms with Crippen molar-refractivity contribution in [1.29, 1.82) is 0 Å². The average molecular weight is 273 g/mol. The summed E-state index contributed by atoms with van der Waals surface area (Å²) < 4.78 is 16.5. The summed E-state index contributed by atoms with van der Waals surface area (Å²) in [5.74, 6) is 1.72. The average Bonchev–Trinajstić information content (AvgIpc) is 3.12. The first kappa shape index (κ1) is 11.6. The molecule has 0 spiro atoms. The Morgan fingerprint density at radius 2 is 1.95 bits per heavy atom. The Balaban J connectivity index is 1.72. The SMILES string of the molecule is O=C(c1cc2c3c(ccc2o1)OCO3)N1CCCCC1. The maximum absolute atomic E-state index is 12.4. The second-order valence-corrected chi connectivity index (χ2v) is 5.17. The number of piperidine rings is 1. The van der Waals surface area contributed by atoms with E-state index >= 15 is 0 Å². The lowest BCUT2D eigenvalue weighted by molar-refractivity contribution is 0.0694. The van der Waals surface area contributed by atoms with Crippen LogP contribution < -0.4 is 9.47 Å². The Morgan fingerprint density at radius 3 is 2.80 bits per heavy atom. The van der Waals surface area contributed by atoms with E-state index in [-0.39, 0.29) is 12.7 Å². The second-order valence-electron chi connectivity index (χ2n) is 5.17. The molecule has 5 nitrogen and oxygen atoms in total. The molecule has 1 aromatic heterocycles. The first-order valence-electron chi connectivity index (χ1n) is 6.94. The number of hydrogen-bond acceptors (Lipinski definition) is 4. The molecular weight excluding hydrogens is 258 g/mol. The summed E-state index contributed by atoms with van der Waals surface area (Å²) in [6.07, 6.45) is 3.33. The highest BCUT2D eigenvalue weighted by atomic mass is 16.7. The van der Waals surface area contributed by atoms with Crippen LogP contribution in [0.3, 0.4) is 0 Å². The molecule has 2 aromatic rings. The summed E-state index contributed by atoms with van der Waals surface area (Å²) in [6.45, 7) is 1.84. The van der Waals surface area contributed by atoms with Gasteiger partial charge in [-0.05, 0) is 31.4 Å². The fourth-order valence-electron chi connectivity index (χ4n) is 2.84. The number of carbonyl (C=O) groups excluding carboxylic acids is 1. The highest BCUT2D eigenvalue weighted by molar-refractivity contribution is 5.98. The van der Waals surface area contributed by atoms with E-state index in [1.165, 1.54) is 6.42 Å². The minimum atomic E-state index is -0.0337. The third kappa shape index (κ3) is 1.73. The predicted octanol–water partition coefficient (Wildman–Crippen LogP) is 2.79. The van der Waals surface area contributed by atoms with Gasteiger partial charge in [0, 0.05) is 19.2 Å². The van der Waals surface area contributed by atoms with Crippen LogP contribution >= 0.6 is 0 Å². The molecule has 0 unspecified atom stereocenters. The number of ether oxygens (including phenoxy) is 2. The summed E-state index contributed by atoms with van der Waals surface area (Å²) in [6, 6.07) is 5.39. The van der Waals surface area contributed by atoms with Gasteiger partial charge in [-0.2, -0.15) is 0 Å². The molecular formula is C15H15NO4. The Bertz CT molecular complexity index is 670. The molecule has 0 atom stereocenters. The van der Waals surface area contributed by atoms with Gasteiger partial charge in [-0.3, -0.25) is 4.79 Å². The van der Waals surface area contributed by atoms with Gasteiger partial charge in [-0.25, -0.2) is 0 Å². The summed E-state index contributed by atoms with van der Waals surface area (Å²) in [7, 11) is 0. The van der Waals surface area contributed by atoms with Crippen molar-refractivity contribution >= 4 is 16.9 Å². The Hall–Kier alpha value is -2.17. The van der Waals surface area contributed by atoms with Crippen LogP contribution in [0.4, 0.5) is 0 Å². The molecule has 0 saturated carbocycles. The predicted molar refractivity (Wildman–Crippen MR) is 72.1 cm³/mol. The fourth-order valence-corrected chi connectivity index (χ4v) is 2.84. The molecule has 1 aromatic carbocycles. The molecule has 1 amide bonds. The van der Waals surface area contributed by atoms with E-state index < -0.39 is 0 Å². The van der Waals surface area contributed by atoms with Gasteiger partial charge in [0.25, 0.3) is 5.91 Å². The van der Waals surface area contributed by atoms with E-state index in [9.17, 15) is 4.79 Å². The minimum Gasteiger partial charge on any atom is -0.454 e. The number of benzene rings is 1. The Kier molecular flexibility index (Phi) is 2.58. The molecule has 20 heavy (non-hydrogen) atoms. The van der Waals surface area contributed by atoms with Crippen molar-refractivity contribution in [3.8, 4) is 11.5 Å². The number of nitrogens with zero attached hydrogens (tertiary/aromatic N) is 1. The van der Waals surface area contributed by atoms with Gasteiger partial charge in [0.1, 0.15) is 5.58 Å². The van der Waals surface area contributed by atoms with E-state index in [1.54, 1.807) is 6.07 Å². The van der Waals surface area contributed by atoms with Crippen LogP contribution in [0.2, 0.25) is 0 Å². The molecule has 4 rings (SSSR count). The van der Waals surface area contributed by atoms with Crippen molar-refractivity contribution in [2.45, 2.75) is 19.3 Å². The normalized spacial score (nSPS) is 17.7. The summed E-state index contributed by atoms with van der Waals surface area (Å²) in [5, 5.41) is 0.806. The number of rotatable bonds is 1. The van der Waals surface area contributed by atoms with Crippen molar-refractivity contribution in [2.75, 3.05) is 19.9 Å². The van der Waals surface area contributed by atoms with Crippen LogP contribution in [0.5, 0.6) is 11.5 Å². The van der Waals surface area contributed by atoms with Crippen LogP contribution in [0.1, 0.15) is 29.8 Å². The second kappa shape index (κ2) is 4.44. The lowest BCUT2D eigenvalue weighted by Crippen LogP contribution is -2.35. The minimum absolute atomic E-state index is 0.0337. The summed E-state index contributed by atoms with van der Waals surface area (Å²) in [4.78, 5) is 14.3. The third-order valence-electron chi connectivity index (χ3n) is 3.89. The first-order valence-corrected chi connectivity index (χ1v) is 6.94. The molecule has 2 aliphatic heterocycles. The van der Waals surface area contributed by atoms with Crippen molar-refractivity contribution in [3.05, 3.63) is 24.0 Å². The van der Waals surface area contributed by atoms with Crippen molar-refractivity contribution in [2.24, 2.45) is 0 Å². The quantitative estimate of drug-likeness (QED) is 0.801. The van der Waals surface area contributed by atoms with Crippen molar-refractivity contribution in [3.63, 3.8) is 0 Å². The van der Waals surface area contributed by atoms with E-state index in [4.69, 9.17) is 13.9 Å². The number of fused-ring (bicyclic) bond motifs is 3. The van der Waals surface area contributed by atoms with Gasteiger partial charge in [-0.1, -0.05) is 0 Å². The van der Waals surface area contributed by atoms with Gasteiger partial charge in [-0.15, -0.1) is 0 Å². The number of likely N-dealkylation sites (tertiary alicyclic amines) is 1. The molecule has 5 heteroatoms. The van der Waals surface area contributed by atoms with Crippen LogP contribution in [0.15, 0.2) is 22.6 Å². The van der Waals surface area contributed by atoms with Crippen molar-refractivity contribution in [1.82, 2.24) is 4.90 Å². The van der Waals surface area contributed by atoms with Crippen molar-refractivity contribution < 1.29 is 18.7 Å². The molecule has 1 fully saturated rings. The lowest BCUT2D eigenvalue weighted by atomic mass is 10.1. The zero-order valence-corrected chi connectivity index (χ0v) is 11.1. The van der Waals surface area contributed by atoms with E-state index in [0.717, 1.165) is 31.3 Å². The molecule has 104 valence electrons. The molecule has 0 aliphatic carbocycles. The van der Waals surface area contributed by atoms with Gasteiger partial charge in [0.15, 0.2) is 17.3 Å². The molecule has 0 bridgehead atoms. The molecule has 0 N–H and O–H groups in total. The van der Waals surface area contributed by atoms with Gasteiger partial charge < -0.3 is 18.8 Å². The Morgan fingerprint density at radius 1 is 1.10 bits per heavy atom.